The van der Waals surface area contributed by atoms with Crippen molar-refractivity contribution < 1.29 is 17.8 Å². The number of carbonyl (C=O) groups excluding carboxylic acids is 1. The van der Waals surface area contributed by atoms with Crippen LogP contribution < -0.4 is 4.90 Å². The summed E-state index contributed by atoms with van der Waals surface area (Å²) in [5.74, 6) is -0.486. The summed E-state index contributed by atoms with van der Waals surface area (Å²) in [5.41, 5.74) is 2.54. The van der Waals surface area contributed by atoms with Crippen molar-refractivity contribution in [3.8, 4) is 0 Å². The van der Waals surface area contributed by atoms with Gasteiger partial charge >= 0.3 is 0 Å². The highest BCUT2D eigenvalue weighted by atomic mass is 32.2. The molecule has 8 heteroatoms. The molecule has 0 radical (unpaired) electrons. The molecule has 1 amide bonds. The molecule has 4 rings (SSSR count). The topological polar surface area (TPSA) is 93.4 Å². The zero-order chi connectivity index (χ0) is 18.3. The Morgan fingerprint density at radius 1 is 1.19 bits per heavy atom. The molecule has 0 N–H and O–H groups in total. The first-order valence-corrected chi connectivity index (χ1v) is 9.96. The summed E-state index contributed by atoms with van der Waals surface area (Å²) < 4.78 is 30.0. The van der Waals surface area contributed by atoms with Gasteiger partial charge in [0.2, 0.25) is 5.91 Å². The normalized spacial score (nSPS) is 16.8. The van der Waals surface area contributed by atoms with Crippen LogP contribution in [0.25, 0.3) is 11.0 Å². The number of nitrogens with zero attached hydrogens (tertiary/aromatic N) is 3. The van der Waals surface area contributed by atoms with Gasteiger partial charge in [0.05, 0.1) is 10.6 Å². The van der Waals surface area contributed by atoms with Crippen molar-refractivity contribution in [2.24, 2.45) is 0 Å². The smallest absolute Gasteiger partial charge is 0.228 e. The molecular formula is C18H17N3O4S. The molecule has 1 aromatic heterocycles. The second-order valence-electron chi connectivity index (χ2n) is 6.40. The van der Waals surface area contributed by atoms with E-state index < -0.39 is 9.84 Å². The van der Waals surface area contributed by atoms with E-state index in [0.29, 0.717) is 5.52 Å². The third kappa shape index (κ3) is 2.76. The summed E-state index contributed by atoms with van der Waals surface area (Å²) in [4.78, 5) is 14.5. The van der Waals surface area contributed by atoms with Crippen molar-refractivity contribution in [1.82, 2.24) is 10.3 Å². The average molecular weight is 371 g/mol. The molecule has 26 heavy (non-hydrogen) atoms. The fourth-order valence-corrected chi connectivity index (χ4v) is 4.82. The van der Waals surface area contributed by atoms with Gasteiger partial charge in [-0.05, 0) is 47.4 Å². The van der Waals surface area contributed by atoms with E-state index >= 15 is 0 Å². The molecular weight excluding hydrogens is 354 g/mol. The number of para-hydroxylation sites is 1. The van der Waals surface area contributed by atoms with E-state index in [4.69, 9.17) is 0 Å². The van der Waals surface area contributed by atoms with Crippen molar-refractivity contribution in [3.05, 3.63) is 48.0 Å². The Hall–Kier alpha value is -2.74. The summed E-state index contributed by atoms with van der Waals surface area (Å²) >= 11 is 0. The van der Waals surface area contributed by atoms with Crippen molar-refractivity contribution in [1.29, 1.82) is 0 Å². The maximum absolute atomic E-state index is 12.7. The molecule has 0 saturated heterocycles. The number of fused-ring (bicyclic) bond motifs is 2. The number of carbonyl (C=O) groups is 1. The quantitative estimate of drug-likeness (QED) is 0.699. The fourth-order valence-electron chi connectivity index (χ4n) is 3.43. The van der Waals surface area contributed by atoms with Crippen molar-refractivity contribution in [3.63, 3.8) is 0 Å². The Morgan fingerprint density at radius 3 is 2.85 bits per heavy atom. The summed E-state index contributed by atoms with van der Waals surface area (Å²) in [6.07, 6.45) is 0.682. The van der Waals surface area contributed by atoms with E-state index in [1.54, 1.807) is 17.0 Å². The zero-order valence-corrected chi connectivity index (χ0v) is 14.9. The first-order valence-electron chi connectivity index (χ1n) is 8.31. The van der Waals surface area contributed by atoms with Crippen LogP contribution in [-0.4, -0.2) is 36.4 Å². The second kappa shape index (κ2) is 6.21. The van der Waals surface area contributed by atoms with E-state index in [1.807, 2.05) is 31.2 Å². The van der Waals surface area contributed by atoms with Gasteiger partial charge in [0, 0.05) is 18.2 Å². The Bertz CT molecular complexity index is 1090. The molecule has 134 valence electrons. The molecule has 3 aromatic rings. The van der Waals surface area contributed by atoms with Crippen molar-refractivity contribution in [2.45, 2.75) is 30.7 Å². The third-order valence-corrected chi connectivity index (χ3v) is 6.39. The number of sulfone groups is 1. The third-order valence-electron chi connectivity index (χ3n) is 4.64. The highest BCUT2D eigenvalue weighted by Crippen LogP contribution is 2.32. The van der Waals surface area contributed by atoms with Gasteiger partial charge in [-0.1, -0.05) is 24.3 Å². The van der Waals surface area contributed by atoms with Crippen LogP contribution in [-0.2, 0) is 21.1 Å². The number of rotatable bonds is 4. The SMILES string of the molecule is C[C@@H]1Cc2ccccc2N1C(=O)CCS(=O)(=O)c1cccc2nonc12. The molecule has 0 spiro atoms. The zero-order valence-electron chi connectivity index (χ0n) is 14.1. The molecule has 1 atom stereocenters. The number of hydrogen-bond donors (Lipinski definition) is 0. The first kappa shape index (κ1) is 16.7. The van der Waals surface area contributed by atoms with E-state index in [9.17, 15) is 13.2 Å². The molecule has 7 nitrogen and oxygen atoms in total. The van der Waals surface area contributed by atoms with E-state index in [2.05, 4.69) is 14.9 Å². The molecule has 2 aromatic carbocycles. The Morgan fingerprint density at radius 2 is 2.00 bits per heavy atom. The van der Waals surface area contributed by atoms with Crippen LogP contribution in [0.15, 0.2) is 52.0 Å². The van der Waals surface area contributed by atoms with Gasteiger partial charge in [-0.3, -0.25) is 4.79 Å². The van der Waals surface area contributed by atoms with Crippen LogP contribution in [0.4, 0.5) is 5.69 Å². The van der Waals surface area contributed by atoms with Gasteiger partial charge in [-0.25, -0.2) is 13.0 Å². The van der Waals surface area contributed by atoms with Gasteiger partial charge in [-0.15, -0.1) is 0 Å². The molecule has 0 aliphatic carbocycles. The highest BCUT2D eigenvalue weighted by molar-refractivity contribution is 7.91. The molecule has 1 aliphatic rings. The largest absolute Gasteiger partial charge is 0.309 e. The minimum Gasteiger partial charge on any atom is -0.309 e. The van der Waals surface area contributed by atoms with Gasteiger partial charge in [-0.2, -0.15) is 0 Å². The number of amides is 1. The number of hydrogen-bond acceptors (Lipinski definition) is 6. The van der Waals surface area contributed by atoms with Crippen molar-refractivity contribution in [2.75, 3.05) is 10.7 Å². The maximum atomic E-state index is 12.7. The lowest BCUT2D eigenvalue weighted by molar-refractivity contribution is -0.118. The first-order chi connectivity index (χ1) is 12.5. The van der Waals surface area contributed by atoms with E-state index in [0.717, 1.165) is 17.7 Å². The number of anilines is 1. The lowest BCUT2D eigenvalue weighted by Crippen LogP contribution is -2.36. The lowest BCUT2D eigenvalue weighted by atomic mass is 10.1. The Labute approximate surface area is 150 Å². The summed E-state index contributed by atoms with van der Waals surface area (Å²) in [6, 6.07) is 12.4. The monoisotopic (exact) mass is 371 g/mol. The van der Waals surface area contributed by atoms with E-state index in [-0.39, 0.29) is 34.5 Å². The van der Waals surface area contributed by atoms with Gasteiger partial charge in [0.1, 0.15) is 5.52 Å². The Kier molecular flexibility index (Phi) is 3.99. The second-order valence-corrected chi connectivity index (χ2v) is 8.48. The van der Waals surface area contributed by atoms with Gasteiger partial charge in [0.25, 0.3) is 0 Å². The maximum Gasteiger partial charge on any atom is 0.228 e. The molecule has 2 heterocycles. The minimum absolute atomic E-state index is 0.0192. The molecule has 0 fully saturated rings. The minimum atomic E-state index is -3.69. The predicted octanol–water partition coefficient (Wildman–Crippen LogP) is 2.36. The van der Waals surface area contributed by atoms with Crippen LogP contribution >= 0.6 is 0 Å². The van der Waals surface area contributed by atoms with Crippen LogP contribution in [0, 0.1) is 0 Å². The van der Waals surface area contributed by atoms with Crippen LogP contribution in [0.1, 0.15) is 18.9 Å². The van der Waals surface area contributed by atoms with Crippen LogP contribution in [0.2, 0.25) is 0 Å². The highest BCUT2D eigenvalue weighted by Gasteiger charge is 2.31. The Balaban J connectivity index is 1.55. The molecule has 0 bridgehead atoms. The molecule has 0 saturated carbocycles. The summed E-state index contributed by atoms with van der Waals surface area (Å²) in [6.45, 7) is 1.97. The summed E-state index contributed by atoms with van der Waals surface area (Å²) in [7, 11) is -3.69. The van der Waals surface area contributed by atoms with Gasteiger partial charge in [0.15, 0.2) is 15.4 Å². The summed E-state index contributed by atoms with van der Waals surface area (Å²) in [5, 5.41) is 7.33. The number of benzene rings is 2. The van der Waals surface area contributed by atoms with Gasteiger partial charge < -0.3 is 4.90 Å². The molecule has 1 aliphatic heterocycles. The average Bonchev–Trinajstić information content (AvgIpc) is 3.22. The molecule has 0 unspecified atom stereocenters. The lowest BCUT2D eigenvalue weighted by Gasteiger charge is -2.22. The van der Waals surface area contributed by atoms with Crippen LogP contribution in [0.5, 0.6) is 0 Å². The van der Waals surface area contributed by atoms with Crippen LogP contribution in [0.3, 0.4) is 0 Å². The fraction of sp³-hybridized carbons (Fsp3) is 0.278. The standard InChI is InChI=1S/C18H17N3O4S/c1-12-11-13-5-2-3-7-15(13)21(12)17(22)9-10-26(23,24)16-8-4-6-14-18(16)20-25-19-14/h2-8,12H,9-11H2,1H3/t12-/m1/s1. The number of aromatic nitrogens is 2. The van der Waals surface area contributed by atoms with E-state index in [1.165, 1.54) is 6.07 Å². The van der Waals surface area contributed by atoms with Crippen molar-refractivity contribution >= 4 is 32.5 Å². The predicted molar refractivity (Wildman–Crippen MR) is 95.6 cm³/mol.